The molecular weight excluding hydrogens is 291 g/mol. The summed E-state index contributed by atoms with van der Waals surface area (Å²) in [6, 6.07) is 8.36. The fraction of sp³-hybridized carbons (Fsp3) is 0.222. The largest absolute Gasteiger partial charge is 0.350 e. The Morgan fingerprint density at radius 1 is 1.17 bits per heavy atom. The summed E-state index contributed by atoms with van der Waals surface area (Å²) in [6.07, 6.45) is 6.80. The number of benzene rings is 1. The quantitative estimate of drug-likeness (QED) is 0.619. The van der Waals surface area contributed by atoms with Gasteiger partial charge in [-0.2, -0.15) is 0 Å². The van der Waals surface area contributed by atoms with E-state index in [1.54, 1.807) is 12.4 Å². The number of aromatic amines is 1. The fourth-order valence-electron chi connectivity index (χ4n) is 3.08. The molecule has 0 unspecified atom stereocenters. The first-order valence-electron chi connectivity index (χ1n) is 7.70. The molecular formula is C18H17FN4. The number of halogens is 1. The Bertz CT molecular complexity index is 950. The minimum absolute atomic E-state index is 0.279. The van der Waals surface area contributed by atoms with Gasteiger partial charge in [0.15, 0.2) is 5.65 Å². The second-order valence-corrected chi connectivity index (χ2v) is 5.77. The number of nitrogens with zero attached hydrogens (tertiary/aromatic N) is 3. The maximum Gasteiger partial charge on any atom is 0.156 e. The van der Waals surface area contributed by atoms with E-state index in [4.69, 9.17) is 0 Å². The summed E-state index contributed by atoms with van der Waals surface area (Å²) < 4.78 is 14.5. The van der Waals surface area contributed by atoms with Gasteiger partial charge < -0.3 is 9.55 Å². The van der Waals surface area contributed by atoms with Crippen LogP contribution in [0.5, 0.6) is 0 Å². The highest BCUT2D eigenvalue weighted by molar-refractivity contribution is 5.97. The van der Waals surface area contributed by atoms with Crippen LogP contribution < -0.4 is 0 Å². The first-order valence-corrected chi connectivity index (χ1v) is 7.70. The van der Waals surface area contributed by atoms with Gasteiger partial charge in [0, 0.05) is 42.1 Å². The molecule has 4 nitrogen and oxygen atoms in total. The van der Waals surface area contributed by atoms with Crippen LogP contribution in [0.2, 0.25) is 0 Å². The Morgan fingerprint density at radius 2 is 2.04 bits per heavy atom. The average molecular weight is 308 g/mol. The van der Waals surface area contributed by atoms with Gasteiger partial charge in [-0.1, -0.05) is 6.07 Å². The topological polar surface area (TPSA) is 46.5 Å². The van der Waals surface area contributed by atoms with Crippen molar-refractivity contribution in [1.82, 2.24) is 19.5 Å². The molecule has 0 radical (unpaired) electrons. The van der Waals surface area contributed by atoms with Crippen LogP contribution in [-0.4, -0.2) is 26.2 Å². The summed E-state index contributed by atoms with van der Waals surface area (Å²) in [6.45, 7) is -0.279. The van der Waals surface area contributed by atoms with E-state index in [1.807, 2.05) is 13.1 Å². The van der Waals surface area contributed by atoms with Crippen LogP contribution in [0.1, 0.15) is 12.0 Å². The number of hydrogen-bond donors (Lipinski definition) is 1. The molecule has 4 aromatic rings. The van der Waals surface area contributed by atoms with Gasteiger partial charge in [0.1, 0.15) is 5.52 Å². The number of nitrogens with one attached hydrogen (secondary N) is 1. The van der Waals surface area contributed by atoms with E-state index in [0.717, 1.165) is 45.3 Å². The predicted octanol–water partition coefficient (Wildman–Crippen LogP) is 4.02. The lowest BCUT2D eigenvalue weighted by molar-refractivity contribution is 0.473. The Hall–Kier alpha value is -2.69. The van der Waals surface area contributed by atoms with E-state index in [2.05, 4.69) is 43.9 Å². The molecule has 0 aliphatic heterocycles. The van der Waals surface area contributed by atoms with Gasteiger partial charge in [0.25, 0.3) is 0 Å². The van der Waals surface area contributed by atoms with Gasteiger partial charge >= 0.3 is 0 Å². The Balaban J connectivity index is 1.87. The minimum Gasteiger partial charge on any atom is -0.350 e. The Morgan fingerprint density at radius 3 is 2.87 bits per heavy atom. The predicted molar refractivity (Wildman–Crippen MR) is 90.1 cm³/mol. The third-order valence-corrected chi connectivity index (χ3v) is 4.20. The molecule has 5 heteroatoms. The van der Waals surface area contributed by atoms with Crippen LogP contribution in [0.4, 0.5) is 4.39 Å². The van der Waals surface area contributed by atoms with E-state index >= 15 is 0 Å². The van der Waals surface area contributed by atoms with Crippen molar-refractivity contribution in [3.8, 4) is 11.3 Å². The van der Waals surface area contributed by atoms with E-state index in [9.17, 15) is 4.39 Å². The van der Waals surface area contributed by atoms with Gasteiger partial charge in [-0.05, 0) is 36.6 Å². The lowest BCUT2D eigenvalue weighted by Gasteiger charge is -2.02. The molecule has 1 aromatic carbocycles. The molecule has 23 heavy (non-hydrogen) atoms. The molecule has 0 saturated heterocycles. The summed E-state index contributed by atoms with van der Waals surface area (Å²) in [4.78, 5) is 12.0. The van der Waals surface area contributed by atoms with Crippen LogP contribution in [-0.2, 0) is 13.5 Å². The monoisotopic (exact) mass is 308 g/mol. The fourth-order valence-corrected chi connectivity index (χ4v) is 3.08. The standard InChI is InChI=1S/C18H17FN4/c1-23-11-14(15-10-16-18(22-15)21-8-7-20-16)13-9-12(3-2-6-19)4-5-17(13)23/h4-5,7-11H,2-3,6H2,1H3,(H,21,22). The first-order chi connectivity index (χ1) is 11.3. The van der Waals surface area contributed by atoms with E-state index < -0.39 is 0 Å². The third kappa shape index (κ3) is 2.38. The van der Waals surface area contributed by atoms with Crippen molar-refractivity contribution in [1.29, 1.82) is 0 Å². The van der Waals surface area contributed by atoms with Crippen molar-refractivity contribution in [2.45, 2.75) is 12.8 Å². The van der Waals surface area contributed by atoms with Crippen molar-refractivity contribution in [2.75, 3.05) is 6.67 Å². The van der Waals surface area contributed by atoms with Crippen molar-refractivity contribution in [3.05, 3.63) is 48.4 Å². The molecule has 0 atom stereocenters. The number of aryl methyl sites for hydroxylation is 2. The molecule has 0 bridgehead atoms. The van der Waals surface area contributed by atoms with Crippen LogP contribution in [0.15, 0.2) is 42.9 Å². The highest BCUT2D eigenvalue weighted by atomic mass is 19.1. The maximum atomic E-state index is 12.4. The number of rotatable bonds is 4. The number of fused-ring (bicyclic) bond motifs is 2. The lowest BCUT2D eigenvalue weighted by atomic mass is 10.0. The Labute approximate surface area is 133 Å². The smallest absolute Gasteiger partial charge is 0.156 e. The molecule has 116 valence electrons. The average Bonchev–Trinajstić information content (AvgIpc) is 3.14. The summed E-state index contributed by atoms with van der Waals surface area (Å²) >= 11 is 0. The van der Waals surface area contributed by atoms with Gasteiger partial charge in [0.05, 0.1) is 12.4 Å². The molecule has 3 heterocycles. The highest BCUT2D eigenvalue weighted by Gasteiger charge is 2.12. The van der Waals surface area contributed by atoms with Gasteiger partial charge in [-0.15, -0.1) is 0 Å². The number of aromatic nitrogens is 4. The Kier molecular flexibility index (Phi) is 3.33. The maximum absolute atomic E-state index is 12.4. The zero-order chi connectivity index (χ0) is 15.8. The van der Waals surface area contributed by atoms with Crippen molar-refractivity contribution >= 4 is 22.1 Å². The molecule has 3 aromatic heterocycles. The molecule has 0 spiro atoms. The second-order valence-electron chi connectivity index (χ2n) is 5.77. The van der Waals surface area contributed by atoms with Crippen molar-refractivity contribution < 1.29 is 4.39 Å². The van der Waals surface area contributed by atoms with Crippen LogP contribution in [0.3, 0.4) is 0 Å². The number of hydrogen-bond acceptors (Lipinski definition) is 2. The number of alkyl halides is 1. The molecule has 0 aliphatic rings. The minimum atomic E-state index is -0.279. The summed E-state index contributed by atoms with van der Waals surface area (Å²) in [5.41, 5.74) is 6.07. The van der Waals surface area contributed by atoms with E-state index in [1.165, 1.54) is 0 Å². The van der Waals surface area contributed by atoms with Crippen LogP contribution in [0, 0.1) is 0 Å². The van der Waals surface area contributed by atoms with Crippen molar-refractivity contribution in [3.63, 3.8) is 0 Å². The highest BCUT2D eigenvalue weighted by Crippen LogP contribution is 2.31. The molecule has 0 aliphatic carbocycles. The van der Waals surface area contributed by atoms with Gasteiger partial charge in [-0.25, -0.2) is 4.98 Å². The van der Waals surface area contributed by atoms with Crippen LogP contribution in [0.25, 0.3) is 33.3 Å². The first kappa shape index (κ1) is 13.9. The molecule has 0 fully saturated rings. The lowest BCUT2D eigenvalue weighted by Crippen LogP contribution is -1.88. The van der Waals surface area contributed by atoms with Gasteiger partial charge in [0.2, 0.25) is 0 Å². The second kappa shape index (κ2) is 5.50. The summed E-state index contributed by atoms with van der Waals surface area (Å²) in [7, 11) is 2.03. The van der Waals surface area contributed by atoms with E-state index in [0.29, 0.717) is 6.42 Å². The molecule has 1 N–H and O–H groups in total. The SMILES string of the molecule is Cn1cc(-c2cc3nccnc3[nH]2)c2cc(CCCF)ccc21. The normalized spacial score (nSPS) is 11.6. The van der Waals surface area contributed by atoms with E-state index in [-0.39, 0.29) is 6.67 Å². The van der Waals surface area contributed by atoms with Gasteiger partial charge in [-0.3, -0.25) is 9.37 Å². The zero-order valence-corrected chi connectivity index (χ0v) is 12.9. The third-order valence-electron chi connectivity index (χ3n) is 4.20. The summed E-state index contributed by atoms with van der Waals surface area (Å²) in [5.74, 6) is 0. The van der Waals surface area contributed by atoms with Crippen LogP contribution >= 0.6 is 0 Å². The van der Waals surface area contributed by atoms with Crippen molar-refractivity contribution in [2.24, 2.45) is 7.05 Å². The molecule has 4 rings (SSSR count). The zero-order valence-electron chi connectivity index (χ0n) is 12.9. The molecule has 0 saturated carbocycles. The summed E-state index contributed by atoms with van der Waals surface area (Å²) in [5, 5.41) is 1.16. The molecule has 0 amide bonds. The number of H-pyrrole nitrogens is 1.